The number of carbonyl (C=O) groups excluding carboxylic acids is 2. The molecule has 29 heavy (non-hydrogen) atoms. The van der Waals surface area contributed by atoms with Crippen LogP contribution in [0.5, 0.6) is 0 Å². The van der Waals surface area contributed by atoms with Crippen LogP contribution in [0, 0.1) is 11.3 Å². The first-order valence-electron chi connectivity index (χ1n) is 9.96. The van der Waals surface area contributed by atoms with E-state index in [9.17, 15) is 9.59 Å². The molecule has 3 heterocycles. The molecule has 8 heteroatoms. The Hall–Kier alpha value is -3.18. The van der Waals surface area contributed by atoms with Gasteiger partial charge in [-0.25, -0.2) is 4.98 Å². The van der Waals surface area contributed by atoms with Crippen molar-refractivity contribution in [2.45, 2.75) is 44.8 Å². The third kappa shape index (κ3) is 4.15. The second kappa shape index (κ2) is 8.45. The number of hydrogen-bond donors (Lipinski definition) is 2. The first kappa shape index (κ1) is 19.2. The van der Waals surface area contributed by atoms with Gasteiger partial charge in [-0.3, -0.25) is 9.59 Å². The number of imidazole rings is 1. The van der Waals surface area contributed by atoms with Crippen LogP contribution in [0.15, 0.2) is 24.3 Å². The number of nitrogens with zero attached hydrogens (tertiary/aromatic N) is 3. The fourth-order valence-electron chi connectivity index (χ4n) is 3.85. The third-order valence-corrected chi connectivity index (χ3v) is 5.30. The van der Waals surface area contributed by atoms with Gasteiger partial charge in [0.05, 0.1) is 23.4 Å². The predicted octanol–water partition coefficient (Wildman–Crippen LogP) is 2.25. The molecule has 2 aromatic rings. The molecular weight excluding hydrogens is 370 g/mol. The Morgan fingerprint density at radius 1 is 1.28 bits per heavy atom. The quantitative estimate of drug-likeness (QED) is 0.810. The summed E-state index contributed by atoms with van der Waals surface area (Å²) in [7, 11) is 0. The molecule has 1 unspecified atom stereocenters. The highest BCUT2D eigenvalue weighted by molar-refractivity contribution is 6.03. The average molecular weight is 393 g/mol. The van der Waals surface area contributed by atoms with E-state index in [1.165, 1.54) is 0 Å². The molecule has 1 atom stereocenters. The molecular formula is C21H23N5O3. The Balaban J connectivity index is 1.54. The summed E-state index contributed by atoms with van der Waals surface area (Å²) in [5, 5.41) is 14.7. The predicted molar refractivity (Wildman–Crippen MR) is 106 cm³/mol. The van der Waals surface area contributed by atoms with Crippen molar-refractivity contribution in [1.82, 2.24) is 14.9 Å². The van der Waals surface area contributed by atoms with Gasteiger partial charge in [0.15, 0.2) is 5.82 Å². The van der Waals surface area contributed by atoms with Crippen molar-refractivity contribution in [3.8, 4) is 6.07 Å². The number of amides is 2. The molecule has 2 aliphatic heterocycles. The zero-order valence-electron chi connectivity index (χ0n) is 16.1. The van der Waals surface area contributed by atoms with E-state index in [-0.39, 0.29) is 23.7 Å². The fraction of sp³-hybridized carbons (Fsp3) is 0.429. The smallest absolute Gasteiger partial charge is 0.291 e. The summed E-state index contributed by atoms with van der Waals surface area (Å²) in [6, 6.07) is 8.75. The number of nitrogens with one attached hydrogen (secondary N) is 2. The number of carbonyl (C=O) groups is 2. The molecule has 0 saturated carbocycles. The largest absolute Gasteiger partial charge is 0.376 e. The van der Waals surface area contributed by atoms with E-state index in [1.807, 2.05) is 4.57 Å². The van der Waals surface area contributed by atoms with Crippen molar-refractivity contribution < 1.29 is 14.3 Å². The normalized spacial score (nSPS) is 18.0. The van der Waals surface area contributed by atoms with Crippen LogP contribution in [-0.4, -0.2) is 40.6 Å². The van der Waals surface area contributed by atoms with Crippen LogP contribution in [-0.2, 0) is 17.7 Å². The van der Waals surface area contributed by atoms with Gasteiger partial charge in [-0.05, 0) is 50.3 Å². The number of rotatable bonds is 5. The van der Waals surface area contributed by atoms with Crippen LogP contribution in [0.1, 0.15) is 58.0 Å². The summed E-state index contributed by atoms with van der Waals surface area (Å²) >= 11 is 0. The van der Waals surface area contributed by atoms with Crippen molar-refractivity contribution in [3.63, 3.8) is 0 Å². The lowest BCUT2D eigenvalue weighted by molar-refractivity contribution is 0.0853. The zero-order chi connectivity index (χ0) is 20.2. The molecule has 1 saturated heterocycles. The highest BCUT2D eigenvalue weighted by Crippen LogP contribution is 2.22. The van der Waals surface area contributed by atoms with Crippen LogP contribution in [0.25, 0.3) is 0 Å². The van der Waals surface area contributed by atoms with Crippen molar-refractivity contribution in [3.05, 3.63) is 47.0 Å². The molecule has 8 nitrogen and oxygen atoms in total. The maximum atomic E-state index is 12.9. The van der Waals surface area contributed by atoms with Crippen molar-refractivity contribution >= 4 is 17.5 Å². The monoisotopic (exact) mass is 393 g/mol. The SMILES string of the molecule is N#Cc1cccc(NC(=O)c2nc(C(=O)NCC3CCCO3)c3n2CCCC3)c1. The number of anilines is 1. The van der Waals surface area contributed by atoms with E-state index in [4.69, 9.17) is 10.00 Å². The van der Waals surface area contributed by atoms with Gasteiger partial charge < -0.3 is 19.9 Å². The lowest BCUT2D eigenvalue weighted by Gasteiger charge is -2.17. The molecule has 0 aliphatic carbocycles. The minimum Gasteiger partial charge on any atom is -0.376 e. The number of ether oxygens (including phenoxy) is 1. The maximum Gasteiger partial charge on any atom is 0.291 e. The van der Waals surface area contributed by atoms with Gasteiger partial charge in [-0.2, -0.15) is 5.26 Å². The van der Waals surface area contributed by atoms with Gasteiger partial charge in [0.25, 0.3) is 11.8 Å². The molecule has 150 valence electrons. The fourth-order valence-corrected chi connectivity index (χ4v) is 3.85. The van der Waals surface area contributed by atoms with Crippen LogP contribution in [0.3, 0.4) is 0 Å². The molecule has 1 fully saturated rings. The minimum atomic E-state index is -0.388. The summed E-state index contributed by atoms with van der Waals surface area (Å²) < 4.78 is 7.39. The summed E-state index contributed by atoms with van der Waals surface area (Å²) in [6.07, 6.45) is 4.61. The molecule has 0 radical (unpaired) electrons. The second-order valence-electron chi connectivity index (χ2n) is 7.33. The van der Waals surface area contributed by atoms with Gasteiger partial charge in [0, 0.05) is 25.4 Å². The van der Waals surface area contributed by atoms with Crippen LogP contribution < -0.4 is 10.6 Å². The van der Waals surface area contributed by atoms with E-state index in [0.29, 0.717) is 36.5 Å². The lowest BCUT2D eigenvalue weighted by Crippen LogP contribution is -2.32. The summed E-state index contributed by atoms with van der Waals surface area (Å²) in [5.41, 5.74) is 2.10. The lowest BCUT2D eigenvalue weighted by atomic mass is 10.1. The Kier molecular flexibility index (Phi) is 5.58. The number of fused-ring (bicyclic) bond motifs is 1. The minimum absolute atomic E-state index is 0.0487. The first-order chi connectivity index (χ1) is 14.2. The van der Waals surface area contributed by atoms with E-state index >= 15 is 0 Å². The molecule has 4 rings (SSSR count). The molecule has 0 bridgehead atoms. The standard InChI is InChI=1S/C21H23N5O3/c22-12-14-5-3-6-15(11-14)24-21(28)19-25-18(17-8-1-2-9-26(17)19)20(27)23-13-16-7-4-10-29-16/h3,5-6,11,16H,1-2,4,7-10,13H2,(H,23,27)(H,24,28). The first-order valence-corrected chi connectivity index (χ1v) is 9.96. The van der Waals surface area contributed by atoms with E-state index in [1.54, 1.807) is 24.3 Å². The van der Waals surface area contributed by atoms with Crippen molar-refractivity contribution in [1.29, 1.82) is 5.26 Å². The number of aromatic nitrogens is 2. The molecule has 0 spiro atoms. The molecule has 2 aliphatic rings. The van der Waals surface area contributed by atoms with Crippen molar-refractivity contribution in [2.75, 3.05) is 18.5 Å². The molecule has 1 aromatic carbocycles. The number of nitriles is 1. The Labute approximate surface area is 168 Å². The van der Waals surface area contributed by atoms with Gasteiger partial charge >= 0.3 is 0 Å². The number of hydrogen-bond acceptors (Lipinski definition) is 5. The van der Waals surface area contributed by atoms with E-state index in [0.717, 1.165) is 38.0 Å². The summed E-state index contributed by atoms with van der Waals surface area (Å²) in [5.74, 6) is -0.428. The van der Waals surface area contributed by atoms with E-state index in [2.05, 4.69) is 21.7 Å². The van der Waals surface area contributed by atoms with Crippen LogP contribution >= 0.6 is 0 Å². The molecule has 2 N–H and O–H groups in total. The maximum absolute atomic E-state index is 12.9. The summed E-state index contributed by atoms with van der Waals surface area (Å²) in [4.78, 5) is 30.0. The van der Waals surface area contributed by atoms with E-state index < -0.39 is 0 Å². The van der Waals surface area contributed by atoms with Gasteiger partial charge in [-0.15, -0.1) is 0 Å². The topological polar surface area (TPSA) is 109 Å². The third-order valence-electron chi connectivity index (χ3n) is 5.30. The Bertz CT molecular complexity index is 969. The van der Waals surface area contributed by atoms with Crippen LogP contribution in [0.4, 0.5) is 5.69 Å². The molecule has 1 aromatic heterocycles. The zero-order valence-corrected chi connectivity index (χ0v) is 16.1. The van der Waals surface area contributed by atoms with Crippen LogP contribution in [0.2, 0.25) is 0 Å². The second-order valence-corrected chi connectivity index (χ2v) is 7.33. The molecule has 2 amide bonds. The Morgan fingerprint density at radius 2 is 2.17 bits per heavy atom. The summed E-state index contributed by atoms with van der Waals surface area (Å²) in [6.45, 7) is 1.84. The van der Waals surface area contributed by atoms with Gasteiger partial charge in [-0.1, -0.05) is 6.07 Å². The highest BCUT2D eigenvalue weighted by Gasteiger charge is 2.28. The van der Waals surface area contributed by atoms with Gasteiger partial charge in [0.2, 0.25) is 0 Å². The number of benzene rings is 1. The Morgan fingerprint density at radius 3 is 2.97 bits per heavy atom. The average Bonchev–Trinajstić information content (AvgIpc) is 3.40. The highest BCUT2D eigenvalue weighted by atomic mass is 16.5. The van der Waals surface area contributed by atoms with Crippen molar-refractivity contribution in [2.24, 2.45) is 0 Å². The van der Waals surface area contributed by atoms with Gasteiger partial charge in [0.1, 0.15) is 5.69 Å².